The number of ether oxygens (including phenoxy) is 1. The molecular formula is C11H16N5O7P. The van der Waals surface area contributed by atoms with Crippen molar-refractivity contribution in [2.45, 2.75) is 31.5 Å². The first-order valence-corrected chi connectivity index (χ1v) is 8.39. The monoisotopic (exact) mass is 361 g/mol. The Bertz CT molecular complexity index is 807. The molecule has 0 bridgehead atoms. The van der Waals surface area contributed by atoms with Crippen LogP contribution in [0.4, 0.5) is 5.82 Å². The van der Waals surface area contributed by atoms with Crippen LogP contribution in [-0.2, 0) is 13.8 Å². The lowest BCUT2D eigenvalue weighted by Gasteiger charge is -2.18. The van der Waals surface area contributed by atoms with E-state index in [0.29, 0.717) is 17.0 Å². The van der Waals surface area contributed by atoms with E-state index >= 15 is 0 Å². The van der Waals surface area contributed by atoms with Crippen LogP contribution in [0, 0.1) is 6.92 Å². The number of aliphatic hydroxyl groups excluding tert-OH is 2. The lowest BCUT2D eigenvalue weighted by Crippen LogP contribution is -2.33. The van der Waals surface area contributed by atoms with Crippen LogP contribution < -0.4 is 5.73 Å². The molecule has 3 rings (SSSR count). The Kier molecular flexibility index (Phi) is 4.30. The van der Waals surface area contributed by atoms with E-state index in [2.05, 4.69) is 19.5 Å². The molecule has 2 aromatic rings. The Balaban J connectivity index is 1.92. The fourth-order valence-electron chi connectivity index (χ4n) is 2.59. The molecule has 132 valence electrons. The van der Waals surface area contributed by atoms with Crippen LogP contribution in [0.15, 0.2) is 6.33 Å². The van der Waals surface area contributed by atoms with Gasteiger partial charge in [0.15, 0.2) is 23.2 Å². The van der Waals surface area contributed by atoms with Gasteiger partial charge in [0, 0.05) is 0 Å². The van der Waals surface area contributed by atoms with E-state index in [1.165, 1.54) is 10.9 Å². The summed E-state index contributed by atoms with van der Waals surface area (Å²) in [7, 11) is -4.73. The first-order chi connectivity index (χ1) is 11.2. The number of hydrogen-bond acceptors (Lipinski definition) is 9. The molecule has 0 aromatic carbocycles. The third kappa shape index (κ3) is 3.00. The number of nitrogens with zero attached hydrogens (tertiary/aromatic N) is 4. The minimum atomic E-state index is -4.73. The summed E-state index contributed by atoms with van der Waals surface area (Å²) in [6.07, 6.45) is -3.81. The number of phosphoric acid groups is 1. The Morgan fingerprint density at radius 3 is 2.75 bits per heavy atom. The lowest BCUT2D eigenvalue weighted by atomic mass is 10.1. The molecule has 24 heavy (non-hydrogen) atoms. The molecule has 1 aliphatic rings. The van der Waals surface area contributed by atoms with Gasteiger partial charge in [-0.15, -0.1) is 0 Å². The molecular weight excluding hydrogens is 345 g/mol. The highest BCUT2D eigenvalue weighted by Gasteiger charge is 2.45. The number of aromatic nitrogens is 4. The predicted molar refractivity (Wildman–Crippen MR) is 78.4 cm³/mol. The third-order valence-electron chi connectivity index (χ3n) is 3.68. The van der Waals surface area contributed by atoms with Gasteiger partial charge in [0.2, 0.25) is 0 Å². The van der Waals surface area contributed by atoms with E-state index in [4.69, 9.17) is 20.3 Å². The van der Waals surface area contributed by atoms with Gasteiger partial charge in [-0.2, -0.15) is 0 Å². The quantitative estimate of drug-likeness (QED) is 0.397. The molecule has 13 heteroatoms. The number of anilines is 1. The van der Waals surface area contributed by atoms with Crippen LogP contribution in [-0.4, -0.2) is 64.4 Å². The highest BCUT2D eigenvalue weighted by atomic mass is 31.2. The first kappa shape index (κ1) is 17.2. The van der Waals surface area contributed by atoms with E-state index in [9.17, 15) is 14.8 Å². The van der Waals surface area contributed by atoms with Crippen LogP contribution in [0.2, 0.25) is 0 Å². The third-order valence-corrected chi connectivity index (χ3v) is 4.17. The second-order valence-electron chi connectivity index (χ2n) is 5.29. The molecule has 2 unspecified atom stereocenters. The minimum Gasteiger partial charge on any atom is -0.387 e. The van der Waals surface area contributed by atoms with E-state index in [-0.39, 0.29) is 5.82 Å². The van der Waals surface area contributed by atoms with Crippen molar-refractivity contribution in [1.82, 2.24) is 19.5 Å². The van der Waals surface area contributed by atoms with Crippen LogP contribution in [0.5, 0.6) is 0 Å². The molecule has 3 heterocycles. The van der Waals surface area contributed by atoms with Gasteiger partial charge in [-0.1, -0.05) is 0 Å². The number of rotatable bonds is 4. The summed E-state index contributed by atoms with van der Waals surface area (Å²) in [4.78, 5) is 29.6. The van der Waals surface area contributed by atoms with Crippen LogP contribution in [0.1, 0.15) is 12.1 Å². The van der Waals surface area contributed by atoms with Crippen molar-refractivity contribution < 1.29 is 33.8 Å². The number of nitrogens with two attached hydrogens (primary N) is 1. The zero-order valence-electron chi connectivity index (χ0n) is 12.4. The lowest BCUT2D eigenvalue weighted by molar-refractivity contribution is -0.0512. The van der Waals surface area contributed by atoms with Gasteiger partial charge >= 0.3 is 7.82 Å². The summed E-state index contributed by atoms with van der Waals surface area (Å²) in [5, 5.41) is 20.3. The molecule has 6 N–H and O–H groups in total. The Morgan fingerprint density at radius 1 is 1.38 bits per heavy atom. The van der Waals surface area contributed by atoms with Gasteiger partial charge in [-0.05, 0) is 6.92 Å². The summed E-state index contributed by atoms with van der Waals surface area (Å²) >= 11 is 0. The minimum absolute atomic E-state index is 0.149. The van der Waals surface area contributed by atoms with E-state index in [1.54, 1.807) is 6.92 Å². The molecule has 4 atom stereocenters. The average Bonchev–Trinajstić information content (AvgIpc) is 2.96. The van der Waals surface area contributed by atoms with Gasteiger partial charge in [-0.3, -0.25) is 9.09 Å². The molecule has 0 spiro atoms. The van der Waals surface area contributed by atoms with Gasteiger partial charge in [0.1, 0.15) is 30.5 Å². The standard InChI is InChI=1S/C11H16N5O7P/c1-4-15-6-9(12)13-3-14-10(6)16(4)11-8(18)7(17)5(23-11)2-22-24(19,20)21/h3,5,7-8,11,17-18H,2H2,1H3,(H2,12,13,14)(H2,19,20,21)/t5-,7?,8?,11-/m1/s1. The number of imidazole rings is 1. The van der Waals surface area contributed by atoms with Crippen LogP contribution >= 0.6 is 7.82 Å². The van der Waals surface area contributed by atoms with Crippen LogP contribution in [0.25, 0.3) is 11.2 Å². The average molecular weight is 361 g/mol. The fraction of sp³-hybridized carbons (Fsp3) is 0.545. The highest BCUT2D eigenvalue weighted by Crippen LogP contribution is 2.39. The smallest absolute Gasteiger partial charge is 0.387 e. The number of aryl methyl sites for hydroxylation is 1. The topological polar surface area (TPSA) is 186 Å². The van der Waals surface area contributed by atoms with Crippen molar-refractivity contribution in [3.63, 3.8) is 0 Å². The highest BCUT2D eigenvalue weighted by molar-refractivity contribution is 7.46. The molecule has 12 nitrogen and oxygen atoms in total. The maximum Gasteiger partial charge on any atom is 0.469 e. The van der Waals surface area contributed by atoms with Crippen molar-refractivity contribution in [2.75, 3.05) is 12.3 Å². The summed E-state index contributed by atoms with van der Waals surface area (Å²) in [5.74, 6) is 0.557. The Labute approximate surface area is 135 Å². The van der Waals surface area contributed by atoms with Gasteiger partial charge in [0.05, 0.1) is 6.61 Å². The number of aliphatic hydroxyl groups is 2. The Morgan fingerprint density at radius 2 is 2.08 bits per heavy atom. The zero-order chi connectivity index (χ0) is 17.6. The van der Waals surface area contributed by atoms with Gasteiger partial charge < -0.3 is 30.5 Å². The summed E-state index contributed by atoms with van der Waals surface area (Å²) in [6, 6.07) is 0. The number of fused-ring (bicyclic) bond motifs is 1. The molecule has 0 amide bonds. The van der Waals surface area contributed by atoms with E-state index in [1.807, 2.05) is 0 Å². The molecule has 2 aromatic heterocycles. The van der Waals surface area contributed by atoms with Crippen molar-refractivity contribution >= 4 is 24.8 Å². The molecule has 0 saturated carbocycles. The second kappa shape index (κ2) is 6.01. The Hall–Kier alpha value is -1.66. The van der Waals surface area contributed by atoms with Crippen molar-refractivity contribution in [3.05, 3.63) is 12.2 Å². The van der Waals surface area contributed by atoms with Gasteiger partial charge in [0.25, 0.3) is 0 Å². The summed E-state index contributed by atoms with van der Waals surface area (Å²) < 4.78 is 22.1. The zero-order valence-corrected chi connectivity index (χ0v) is 13.3. The van der Waals surface area contributed by atoms with E-state index < -0.39 is 39.0 Å². The normalized spacial score (nSPS) is 27.9. The number of nitrogen functional groups attached to an aromatic ring is 1. The SMILES string of the molecule is Cc1nc2c(N)ncnc2n1[C@@H]1O[C@H](COP(=O)(O)O)C(O)C1O. The first-order valence-electron chi connectivity index (χ1n) is 6.85. The molecule has 1 saturated heterocycles. The molecule has 1 fully saturated rings. The largest absolute Gasteiger partial charge is 0.469 e. The maximum atomic E-state index is 10.8. The molecule has 0 aliphatic carbocycles. The number of hydrogen-bond donors (Lipinski definition) is 5. The number of phosphoric ester groups is 1. The summed E-state index contributed by atoms with van der Waals surface area (Å²) in [5.41, 5.74) is 6.35. The predicted octanol–water partition coefficient (Wildman–Crippen LogP) is -1.55. The van der Waals surface area contributed by atoms with Crippen molar-refractivity contribution in [3.8, 4) is 0 Å². The van der Waals surface area contributed by atoms with Crippen molar-refractivity contribution in [2.24, 2.45) is 0 Å². The summed E-state index contributed by atoms with van der Waals surface area (Å²) in [6.45, 7) is 1.03. The molecule has 1 aliphatic heterocycles. The van der Waals surface area contributed by atoms with Gasteiger partial charge in [-0.25, -0.2) is 19.5 Å². The second-order valence-corrected chi connectivity index (χ2v) is 6.53. The molecule has 0 radical (unpaired) electrons. The maximum absolute atomic E-state index is 10.8. The van der Waals surface area contributed by atoms with E-state index in [0.717, 1.165) is 0 Å². The van der Waals surface area contributed by atoms with Crippen molar-refractivity contribution in [1.29, 1.82) is 0 Å². The van der Waals surface area contributed by atoms with Crippen LogP contribution in [0.3, 0.4) is 0 Å². The fourth-order valence-corrected chi connectivity index (χ4v) is 2.93.